The van der Waals surface area contributed by atoms with E-state index < -0.39 is 5.91 Å². The normalized spacial score (nSPS) is 14.6. The number of halogens is 1. The third-order valence-electron chi connectivity index (χ3n) is 6.89. The maximum atomic E-state index is 13.9. The lowest BCUT2D eigenvalue weighted by Crippen LogP contribution is -2.29. The average molecular weight is 484 g/mol. The van der Waals surface area contributed by atoms with Crippen molar-refractivity contribution in [2.24, 2.45) is 5.73 Å². The van der Waals surface area contributed by atoms with Crippen molar-refractivity contribution >= 4 is 22.5 Å². The number of hydrogen-bond acceptors (Lipinski definition) is 4. The summed E-state index contributed by atoms with van der Waals surface area (Å²) in [5.41, 5.74) is 11.6. The summed E-state index contributed by atoms with van der Waals surface area (Å²) in [6, 6.07) is 19.9. The Morgan fingerprint density at radius 1 is 1.03 bits per heavy atom. The van der Waals surface area contributed by atoms with Crippen molar-refractivity contribution in [2.75, 3.05) is 18.0 Å². The third kappa shape index (κ3) is 4.76. The highest BCUT2D eigenvalue weighted by Gasteiger charge is 2.22. The van der Waals surface area contributed by atoms with Gasteiger partial charge in [0.2, 0.25) is 5.91 Å². The summed E-state index contributed by atoms with van der Waals surface area (Å²) < 4.78 is 20.2. The molecule has 6 heteroatoms. The number of ether oxygens (including phenoxy) is 1. The number of primary amides is 1. The third-order valence-corrected chi connectivity index (χ3v) is 6.89. The Labute approximate surface area is 210 Å². The van der Waals surface area contributed by atoms with Gasteiger partial charge in [-0.2, -0.15) is 0 Å². The molecule has 0 saturated carbocycles. The van der Waals surface area contributed by atoms with Crippen LogP contribution in [0.15, 0.2) is 66.7 Å². The lowest BCUT2D eigenvalue weighted by atomic mass is 9.91. The number of carbonyl (C=O) groups excluding carboxylic acids is 1. The number of fused-ring (bicyclic) bond motifs is 1. The molecule has 1 aliphatic heterocycles. The number of aromatic nitrogens is 1. The fraction of sp³-hybridized carbons (Fsp3) is 0.267. The predicted octanol–water partition coefficient (Wildman–Crippen LogP) is 6.58. The van der Waals surface area contributed by atoms with Crippen molar-refractivity contribution < 1.29 is 13.9 Å². The molecule has 5 nitrogen and oxygen atoms in total. The fourth-order valence-corrected chi connectivity index (χ4v) is 5.15. The maximum Gasteiger partial charge on any atom is 0.248 e. The van der Waals surface area contributed by atoms with E-state index in [0.29, 0.717) is 11.3 Å². The topological polar surface area (TPSA) is 68.5 Å². The van der Waals surface area contributed by atoms with Crippen LogP contribution in [0.5, 0.6) is 5.75 Å². The highest BCUT2D eigenvalue weighted by Crippen LogP contribution is 2.39. The first-order valence-corrected chi connectivity index (χ1v) is 12.4. The van der Waals surface area contributed by atoms with Gasteiger partial charge in [-0.15, -0.1) is 0 Å². The van der Waals surface area contributed by atoms with Gasteiger partial charge in [0.05, 0.1) is 5.52 Å². The van der Waals surface area contributed by atoms with Gasteiger partial charge in [-0.3, -0.25) is 9.78 Å². The Morgan fingerprint density at radius 2 is 1.78 bits per heavy atom. The molecule has 1 amide bonds. The molecule has 1 unspecified atom stereocenters. The van der Waals surface area contributed by atoms with Gasteiger partial charge in [0.1, 0.15) is 17.7 Å². The minimum Gasteiger partial charge on any atom is -0.486 e. The predicted molar refractivity (Wildman–Crippen MR) is 142 cm³/mol. The van der Waals surface area contributed by atoms with Crippen LogP contribution in [0.1, 0.15) is 53.9 Å². The number of pyridine rings is 1. The van der Waals surface area contributed by atoms with E-state index in [9.17, 15) is 9.18 Å². The molecule has 0 bridgehead atoms. The zero-order chi connectivity index (χ0) is 25.2. The van der Waals surface area contributed by atoms with Crippen molar-refractivity contribution in [1.82, 2.24) is 4.98 Å². The van der Waals surface area contributed by atoms with Gasteiger partial charge in [-0.25, -0.2) is 4.39 Å². The quantitative estimate of drug-likeness (QED) is 0.336. The molecule has 1 saturated heterocycles. The molecule has 1 atom stereocenters. The zero-order valence-corrected chi connectivity index (χ0v) is 20.6. The monoisotopic (exact) mass is 483 g/mol. The van der Waals surface area contributed by atoms with Gasteiger partial charge in [-0.05, 0) is 92.8 Å². The second-order valence-electron chi connectivity index (χ2n) is 9.39. The highest BCUT2D eigenvalue weighted by atomic mass is 19.1. The molecule has 0 spiro atoms. The average Bonchev–Trinajstić information content (AvgIpc) is 2.89. The summed E-state index contributed by atoms with van der Waals surface area (Å²) >= 11 is 0. The van der Waals surface area contributed by atoms with E-state index in [1.165, 1.54) is 37.1 Å². The van der Waals surface area contributed by atoms with Crippen LogP contribution in [-0.2, 0) is 0 Å². The Bertz CT molecular complexity index is 1410. The second-order valence-corrected chi connectivity index (χ2v) is 9.39. The lowest BCUT2D eigenvalue weighted by molar-refractivity contribution is 0.0999. The Kier molecular flexibility index (Phi) is 6.59. The molecule has 2 N–H and O–H groups in total. The number of anilines is 1. The van der Waals surface area contributed by atoms with Crippen molar-refractivity contribution in [3.05, 3.63) is 89.4 Å². The van der Waals surface area contributed by atoms with E-state index in [0.717, 1.165) is 46.4 Å². The number of piperidine rings is 1. The van der Waals surface area contributed by atoms with E-state index >= 15 is 0 Å². The van der Waals surface area contributed by atoms with Crippen molar-refractivity contribution in [3.63, 3.8) is 0 Å². The summed E-state index contributed by atoms with van der Waals surface area (Å²) in [4.78, 5) is 19.0. The number of carbonyl (C=O) groups is 1. The molecule has 36 heavy (non-hydrogen) atoms. The van der Waals surface area contributed by atoms with Crippen LogP contribution in [0.25, 0.3) is 22.0 Å². The summed E-state index contributed by atoms with van der Waals surface area (Å²) in [6.07, 6.45) is 3.26. The Morgan fingerprint density at radius 3 is 2.50 bits per heavy atom. The van der Waals surface area contributed by atoms with Gasteiger partial charge in [0.15, 0.2) is 0 Å². The van der Waals surface area contributed by atoms with Crippen molar-refractivity contribution in [2.45, 2.75) is 39.2 Å². The summed E-state index contributed by atoms with van der Waals surface area (Å²) in [5.74, 6) is -0.240. The van der Waals surface area contributed by atoms with E-state index in [1.54, 1.807) is 36.4 Å². The number of benzene rings is 3. The summed E-state index contributed by atoms with van der Waals surface area (Å²) in [5, 5.41) is 1.01. The van der Waals surface area contributed by atoms with E-state index in [-0.39, 0.29) is 11.9 Å². The fourth-order valence-electron chi connectivity index (χ4n) is 5.15. The first-order chi connectivity index (χ1) is 17.4. The lowest BCUT2D eigenvalue weighted by Gasteiger charge is -2.29. The van der Waals surface area contributed by atoms with Crippen LogP contribution < -0.4 is 15.4 Å². The number of nitrogens with zero attached hydrogens (tertiary/aromatic N) is 2. The smallest absolute Gasteiger partial charge is 0.248 e. The van der Waals surface area contributed by atoms with E-state index in [2.05, 4.69) is 23.1 Å². The molecule has 4 aromatic rings. The molecule has 0 aliphatic carbocycles. The molecule has 1 aliphatic rings. The minimum absolute atomic E-state index is 0.281. The van der Waals surface area contributed by atoms with Crippen LogP contribution in [0.3, 0.4) is 0 Å². The number of nitrogens with two attached hydrogens (primary N) is 1. The van der Waals surface area contributed by atoms with E-state index in [1.807, 2.05) is 13.8 Å². The number of rotatable bonds is 6. The molecule has 0 radical (unpaired) electrons. The van der Waals surface area contributed by atoms with Gasteiger partial charge in [0.25, 0.3) is 0 Å². The van der Waals surface area contributed by atoms with Crippen LogP contribution in [0, 0.1) is 12.7 Å². The van der Waals surface area contributed by atoms with Gasteiger partial charge in [-0.1, -0.05) is 18.2 Å². The van der Waals surface area contributed by atoms with Crippen LogP contribution >= 0.6 is 0 Å². The molecular weight excluding hydrogens is 453 g/mol. The largest absolute Gasteiger partial charge is 0.486 e. The Balaban J connectivity index is 1.66. The molecule has 3 aromatic carbocycles. The van der Waals surface area contributed by atoms with E-state index in [4.69, 9.17) is 15.5 Å². The van der Waals surface area contributed by atoms with Gasteiger partial charge >= 0.3 is 0 Å². The van der Waals surface area contributed by atoms with Crippen LogP contribution in [0.4, 0.5) is 10.1 Å². The van der Waals surface area contributed by atoms with Crippen molar-refractivity contribution in [1.29, 1.82) is 0 Å². The molecule has 184 valence electrons. The van der Waals surface area contributed by atoms with Crippen LogP contribution in [-0.4, -0.2) is 24.0 Å². The highest BCUT2D eigenvalue weighted by molar-refractivity contribution is 5.98. The molecular formula is C30H30FN3O2. The first-order valence-electron chi connectivity index (χ1n) is 12.4. The SMILES string of the molecule is Cc1nc2ccc(N3CCCCC3)cc2c(-c2ccc(F)cc2)c1C(C)Oc1cccc(C(N)=O)c1. The zero-order valence-electron chi connectivity index (χ0n) is 20.6. The van der Waals surface area contributed by atoms with Gasteiger partial charge in [0, 0.05) is 41.0 Å². The molecule has 2 heterocycles. The molecule has 5 rings (SSSR count). The first kappa shape index (κ1) is 23.8. The summed E-state index contributed by atoms with van der Waals surface area (Å²) in [6.45, 7) is 6.02. The minimum atomic E-state index is -0.506. The van der Waals surface area contributed by atoms with Crippen LogP contribution in [0.2, 0.25) is 0 Å². The number of aryl methyl sites for hydroxylation is 1. The standard InChI is InChI=1S/C30H30FN3O2/c1-19-28(20(2)36-25-8-6-7-22(17-25)30(32)35)29(21-9-11-23(31)12-10-21)26-18-24(13-14-27(26)33-19)34-15-4-3-5-16-34/h6-14,17-18,20H,3-5,15-16H2,1-2H3,(H2,32,35). The Hall–Kier alpha value is -3.93. The van der Waals surface area contributed by atoms with Crippen molar-refractivity contribution in [3.8, 4) is 16.9 Å². The maximum absolute atomic E-state index is 13.9. The molecule has 1 aromatic heterocycles. The molecule has 1 fully saturated rings. The number of hydrogen-bond donors (Lipinski definition) is 1. The number of amides is 1. The second kappa shape index (κ2) is 9.97. The summed E-state index contributed by atoms with van der Waals surface area (Å²) in [7, 11) is 0. The van der Waals surface area contributed by atoms with Gasteiger partial charge < -0.3 is 15.4 Å².